The Kier molecular flexibility index (Phi) is 3.75. The summed E-state index contributed by atoms with van der Waals surface area (Å²) in [6, 6.07) is 4.75. The minimum atomic E-state index is -0.557. The molecule has 2 rings (SSSR count). The van der Waals surface area contributed by atoms with Crippen LogP contribution in [0.3, 0.4) is 0 Å². The lowest BCUT2D eigenvalue weighted by atomic mass is 9.98. The number of nitrogens with zero attached hydrogens (tertiary/aromatic N) is 2. The zero-order valence-electron chi connectivity index (χ0n) is 11.8. The molecule has 7 heteroatoms. The summed E-state index contributed by atoms with van der Waals surface area (Å²) in [5.41, 5.74) is 5.37. The van der Waals surface area contributed by atoms with E-state index in [0.717, 1.165) is 0 Å². The average molecular weight is 288 g/mol. The summed E-state index contributed by atoms with van der Waals surface area (Å²) in [7, 11) is 0. The van der Waals surface area contributed by atoms with Gasteiger partial charge in [0.2, 0.25) is 5.91 Å². The number of benzene rings is 1. The number of nitro benzene ring substituents is 1. The van der Waals surface area contributed by atoms with Crippen LogP contribution in [0.1, 0.15) is 20.3 Å². The maximum atomic E-state index is 11.1. The molecule has 7 nitrogen and oxygen atoms in total. The Morgan fingerprint density at radius 3 is 2.71 bits per heavy atom. The van der Waals surface area contributed by atoms with Crippen LogP contribution in [0.4, 0.5) is 11.4 Å². The third-order valence-electron chi connectivity index (χ3n) is 3.08. The van der Waals surface area contributed by atoms with Crippen molar-refractivity contribution in [3.8, 4) is 0 Å². The highest BCUT2D eigenvalue weighted by molar-refractivity contribution is 5.99. The van der Waals surface area contributed by atoms with Gasteiger partial charge in [-0.1, -0.05) is 0 Å². The number of nitro groups is 1. The molecule has 0 radical (unpaired) electrons. The van der Waals surface area contributed by atoms with Gasteiger partial charge < -0.3 is 11.1 Å². The van der Waals surface area contributed by atoms with Gasteiger partial charge in [-0.2, -0.15) is 0 Å². The van der Waals surface area contributed by atoms with Crippen LogP contribution in [0.15, 0.2) is 30.6 Å². The summed E-state index contributed by atoms with van der Waals surface area (Å²) in [6.45, 7) is 3.68. The Balaban J connectivity index is 2.49. The topological polar surface area (TPSA) is 111 Å². The number of nitrogens with two attached hydrogens (primary N) is 1. The molecule has 0 aliphatic heterocycles. The molecule has 0 saturated carbocycles. The van der Waals surface area contributed by atoms with Crippen molar-refractivity contribution in [1.29, 1.82) is 0 Å². The number of aromatic nitrogens is 1. The molecule has 0 unspecified atom stereocenters. The number of pyridine rings is 1. The van der Waals surface area contributed by atoms with Gasteiger partial charge in [0.1, 0.15) is 0 Å². The van der Waals surface area contributed by atoms with Crippen molar-refractivity contribution >= 4 is 28.1 Å². The molecule has 1 aromatic heterocycles. The van der Waals surface area contributed by atoms with E-state index in [1.165, 1.54) is 12.3 Å². The van der Waals surface area contributed by atoms with Crippen molar-refractivity contribution < 1.29 is 9.72 Å². The van der Waals surface area contributed by atoms with Gasteiger partial charge in [0.15, 0.2) is 0 Å². The molecule has 0 saturated heterocycles. The lowest BCUT2D eigenvalue weighted by Crippen LogP contribution is -2.36. The third kappa shape index (κ3) is 3.25. The smallest absolute Gasteiger partial charge is 0.278 e. The van der Waals surface area contributed by atoms with Crippen molar-refractivity contribution in [1.82, 2.24) is 4.98 Å². The molecular formula is C14H16N4O3. The van der Waals surface area contributed by atoms with Gasteiger partial charge >= 0.3 is 0 Å². The number of carbonyl (C=O) groups excluding carboxylic acids is 1. The number of non-ortho nitro benzene ring substituents is 1. The number of primary amides is 1. The number of hydrogen-bond donors (Lipinski definition) is 2. The molecule has 21 heavy (non-hydrogen) atoms. The summed E-state index contributed by atoms with van der Waals surface area (Å²) in [4.78, 5) is 25.6. The van der Waals surface area contributed by atoms with E-state index in [-0.39, 0.29) is 12.1 Å². The zero-order valence-corrected chi connectivity index (χ0v) is 11.8. The van der Waals surface area contributed by atoms with E-state index < -0.39 is 16.4 Å². The van der Waals surface area contributed by atoms with Crippen molar-refractivity contribution in [2.75, 3.05) is 5.32 Å². The largest absolute Gasteiger partial charge is 0.379 e. The number of fused-ring (bicyclic) bond motifs is 1. The number of nitrogens with one attached hydrogen (secondary N) is 1. The van der Waals surface area contributed by atoms with Crippen LogP contribution >= 0.6 is 0 Å². The first-order chi connectivity index (χ1) is 9.80. The second-order valence-corrected chi connectivity index (χ2v) is 5.46. The minimum Gasteiger partial charge on any atom is -0.379 e. The molecule has 110 valence electrons. The first-order valence-electron chi connectivity index (χ1n) is 6.38. The highest BCUT2D eigenvalue weighted by atomic mass is 16.6. The van der Waals surface area contributed by atoms with E-state index in [2.05, 4.69) is 10.3 Å². The van der Waals surface area contributed by atoms with Crippen LogP contribution in [0, 0.1) is 10.1 Å². The maximum absolute atomic E-state index is 11.1. The number of rotatable bonds is 5. The standard InChI is InChI=1S/C14H16N4O3/c1-14(2,7-13(15)19)17-11-3-4-12(18(20)21)10-8-16-6-5-9(10)11/h3-6,8,17H,7H2,1-2H3,(H2,15,19). The summed E-state index contributed by atoms with van der Waals surface area (Å²) >= 11 is 0. The quantitative estimate of drug-likeness (QED) is 0.647. The Morgan fingerprint density at radius 1 is 1.38 bits per heavy atom. The van der Waals surface area contributed by atoms with Crippen molar-refractivity contribution in [3.63, 3.8) is 0 Å². The third-order valence-corrected chi connectivity index (χ3v) is 3.08. The molecule has 2 aromatic rings. The van der Waals surface area contributed by atoms with Crippen LogP contribution in [0.25, 0.3) is 10.8 Å². The number of amides is 1. The fourth-order valence-corrected chi connectivity index (χ4v) is 2.29. The van der Waals surface area contributed by atoms with Crippen LogP contribution < -0.4 is 11.1 Å². The van der Waals surface area contributed by atoms with Gasteiger partial charge in [-0.3, -0.25) is 19.9 Å². The molecule has 0 atom stereocenters. The first kappa shape index (κ1) is 14.7. The SMILES string of the molecule is CC(C)(CC(N)=O)Nc1ccc([N+](=O)[O-])c2cnccc12. The van der Waals surface area contributed by atoms with Gasteiger partial charge in [0.05, 0.1) is 10.3 Å². The van der Waals surface area contributed by atoms with E-state index in [1.54, 1.807) is 18.3 Å². The molecule has 0 aliphatic rings. The van der Waals surface area contributed by atoms with Crippen LogP contribution in [0.2, 0.25) is 0 Å². The molecule has 1 heterocycles. The lowest BCUT2D eigenvalue weighted by molar-refractivity contribution is -0.383. The zero-order chi connectivity index (χ0) is 15.6. The summed E-state index contributed by atoms with van der Waals surface area (Å²) in [5.74, 6) is -0.416. The number of carbonyl (C=O) groups is 1. The fourth-order valence-electron chi connectivity index (χ4n) is 2.29. The molecule has 0 spiro atoms. The Hall–Kier alpha value is -2.70. The Labute approximate surface area is 121 Å². The molecule has 3 N–H and O–H groups in total. The van der Waals surface area contributed by atoms with Gasteiger partial charge in [-0.05, 0) is 26.0 Å². The Morgan fingerprint density at radius 2 is 2.10 bits per heavy atom. The fraction of sp³-hybridized carbons (Fsp3) is 0.286. The minimum absolute atomic E-state index is 0.00337. The van der Waals surface area contributed by atoms with Crippen LogP contribution in [-0.4, -0.2) is 21.4 Å². The number of anilines is 1. The molecule has 0 fully saturated rings. The lowest BCUT2D eigenvalue weighted by Gasteiger charge is -2.26. The monoisotopic (exact) mass is 288 g/mol. The van der Waals surface area contributed by atoms with Gasteiger partial charge in [-0.25, -0.2) is 0 Å². The summed E-state index contributed by atoms with van der Waals surface area (Å²) in [5, 5.41) is 15.4. The van der Waals surface area contributed by atoms with Crippen LogP contribution in [0.5, 0.6) is 0 Å². The van der Waals surface area contributed by atoms with Crippen molar-refractivity contribution in [2.45, 2.75) is 25.8 Å². The number of hydrogen-bond acceptors (Lipinski definition) is 5. The second kappa shape index (κ2) is 5.35. The molecule has 0 aliphatic carbocycles. The van der Waals surface area contributed by atoms with E-state index >= 15 is 0 Å². The highest BCUT2D eigenvalue weighted by Crippen LogP contribution is 2.32. The van der Waals surface area contributed by atoms with Crippen molar-refractivity contribution in [3.05, 3.63) is 40.7 Å². The Bertz CT molecular complexity index is 712. The van der Waals surface area contributed by atoms with E-state index in [4.69, 9.17) is 5.73 Å². The van der Waals surface area contributed by atoms with Crippen molar-refractivity contribution in [2.24, 2.45) is 5.73 Å². The first-order valence-corrected chi connectivity index (χ1v) is 6.38. The van der Waals surface area contributed by atoms with E-state index in [1.807, 2.05) is 13.8 Å². The molecule has 0 bridgehead atoms. The van der Waals surface area contributed by atoms with Gasteiger partial charge in [0, 0.05) is 41.5 Å². The molecule has 1 aromatic carbocycles. The van der Waals surface area contributed by atoms with Crippen LogP contribution in [-0.2, 0) is 4.79 Å². The molecular weight excluding hydrogens is 272 g/mol. The molecule has 1 amide bonds. The maximum Gasteiger partial charge on any atom is 0.278 e. The van der Waals surface area contributed by atoms with E-state index in [0.29, 0.717) is 16.5 Å². The van der Waals surface area contributed by atoms with E-state index in [9.17, 15) is 14.9 Å². The summed E-state index contributed by atoms with van der Waals surface area (Å²) < 4.78 is 0. The average Bonchev–Trinajstić information content (AvgIpc) is 2.36. The predicted molar refractivity (Wildman–Crippen MR) is 79.9 cm³/mol. The predicted octanol–water partition coefficient (Wildman–Crippen LogP) is 2.21. The highest BCUT2D eigenvalue weighted by Gasteiger charge is 2.22. The van der Waals surface area contributed by atoms with Gasteiger partial charge in [0.25, 0.3) is 5.69 Å². The van der Waals surface area contributed by atoms with Gasteiger partial charge in [-0.15, -0.1) is 0 Å². The summed E-state index contributed by atoms with van der Waals surface area (Å²) in [6.07, 6.45) is 3.18. The normalized spacial score (nSPS) is 11.3. The second-order valence-electron chi connectivity index (χ2n) is 5.46.